The first kappa shape index (κ1) is 20.1. The maximum Gasteiger partial charge on any atom is 0.276 e. The molecule has 1 unspecified atom stereocenters. The molecule has 150 valence electrons. The monoisotopic (exact) mass is 373 g/mol. The number of carbonyl (C=O) groups excluding carboxylic acids is 1. The van der Waals surface area contributed by atoms with Crippen molar-refractivity contribution in [1.82, 2.24) is 24.8 Å². The number of piperidine rings is 1. The molecule has 0 saturated carbocycles. The van der Waals surface area contributed by atoms with Crippen LogP contribution < -0.4 is 0 Å². The minimum absolute atomic E-state index is 0.0429. The number of rotatable bonds is 7. The highest BCUT2D eigenvalue weighted by molar-refractivity contribution is 5.92. The van der Waals surface area contributed by atoms with E-state index in [1.54, 1.807) is 0 Å². The third-order valence-electron chi connectivity index (χ3n) is 5.84. The van der Waals surface area contributed by atoms with Crippen LogP contribution >= 0.6 is 0 Å². The summed E-state index contributed by atoms with van der Waals surface area (Å²) in [6, 6.07) is 0.370. The normalized spacial score (nSPS) is 20.0. The third-order valence-corrected chi connectivity index (χ3v) is 5.84. The Bertz CT molecular complexity index is 635. The highest BCUT2D eigenvalue weighted by Crippen LogP contribution is 2.23. The first-order valence-corrected chi connectivity index (χ1v) is 10.6. The van der Waals surface area contributed by atoms with Crippen molar-refractivity contribution in [2.45, 2.75) is 65.3 Å². The summed E-state index contributed by atoms with van der Waals surface area (Å²) in [6.07, 6.45) is 11.0. The van der Waals surface area contributed by atoms with Crippen LogP contribution in [0.1, 0.15) is 75.8 Å². The van der Waals surface area contributed by atoms with E-state index >= 15 is 0 Å². The molecule has 6 heteroatoms. The summed E-state index contributed by atoms with van der Waals surface area (Å²) in [4.78, 5) is 16.9. The topological polar surface area (TPSA) is 54.3 Å². The van der Waals surface area contributed by atoms with E-state index in [1.807, 2.05) is 15.8 Å². The summed E-state index contributed by atoms with van der Waals surface area (Å²) < 4.78 is 1.93. The van der Waals surface area contributed by atoms with Gasteiger partial charge in [-0.15, -0.1) is 5.10 Å². The van der Waals surface area contributed by atoms with Gasteiger partial charge in [0.2, 0.25) is 0 Å². The number of allylic oxidation sites excluding steroid dienone is 2. The molecule has 0 aromatic carbocycles. The average Bonchev–Trinajstić information content (AvgIpc) is 3.34. The van der Waals surface area contributed by atoms with Gasteiger partial charge in [-0.2, -0.15) is 0 Å². The quantitative estimate of drug-likeness (QED) is 0.686. The van der Waals surface area contributed by atoms with Crippen molar-refractivity contribution in [3.63, 3.8) is 0 Å². The van der Waals surface area contributed by atoms with Gasteiger partial charge in [-0.1, -0.05) is 23.8 Å². The van der Waals surface area contributed by atoms with Gasteiger partial charge in [0, 0.05) is 32.7 Å². The van der Waals surface area contributed by atoms with Gasteiger partial charge in [-0.25, -0.2) is 4.68 Å². The fourth-order valence-corrected chi connectivity index (χ4v) is 4.19. The summed E-state index contributed by atoms with van der Waals surface area (Å²) in [5.74, 6) is 0.773. The van der Waals surface area contributed by atoms with E-state index < -0.39 is 0 Å². The zero-order chi connectivity index (χ0) is 19.2. The fraction of sp³-hybridized carbons (Fsp3) is 0.762. The number of aromatic nitrogens is 3. The lowest BCUT2D eigenvalue weighted by Gasteiger charge is -2.33. The summed E-state index contributed by atoms with van der Waals surface area (Å²) in [6.45, 7) is 11.8. The Hall–Kier alpha value is -1.69. The zero-order valence-electron chi connectivity index (χ0n) is 17.2. The van der Waals surface area contributed by atoms with E-state index in [9.17, 15) is 4.79 Å². The smallest absolute Gasteiger partial charge is 0.276 e. The summed E-state index contributed by atoms with van der Waals surface area (Å²) in [7, 11) is 0. The second-order valence-electron chi connectivity index (χ2n) is 8.58. The van der Waals surface area contributed by atoms with Crippen LogP contribution in [0.25, 0.3) is 0 Å². The lowest BCUT2D eigenvalue weighted by molar-refractivity contribution is 0.0787. The molecular weight excluding hydrogens is 338 g/mol. The van der Waals surface area contributed by atoms with Crippen LogP contribution in [0.5, 0.6) is 0 Å². The van der Waals surface area contributed by atoms with E-state index in [0.29, 0.717) is 11.7 Å². The lowest BCUT2D eigenvalue weighted by atomic mass is 10.0. The van der Waals surface area contributed by atoms with Crippen LogP contribution in [0.4, 0.5) is 0 Å². The molecule has 1 amide bonds. The molecule has 27 heavy (non-hydrogen) atoms. The Labute approximate surface area is 163 Å². The highest BCUT2D eigenvalue weighted by Gasteiger charge is 2.26. The van der Waals surface area contributed by atoms with E-state index in [0.717, 1.165) is 57.8 Å². The molecule has 2 fully saturated rings. The predicted molar refractivity (Wildman–Crippen MR) is 108 cm³/mol. The Morgan fingerprint density at radius 2 is 1.93 bits per heavy atom. The van der Waals surface area contributed by atoms with E-state index in [4.69, 9.17) is 0 Å². The van der Waals surface area contributed by atoms with Crippen molar-refractivity contribution in [2.75, 3.05) is 32.7 Å². The third kappa shape index (κ3) is 5.64. The molecule has 0 radical (unpaired) electrons. The number of likely N-dealkylation sites (tertiary alicyclic amines) is 2. The zero-order valence-corrected chi connectivity index (χ0v) is 17.2. The molecule has 2 saturated heterocycles. The Balaban J connectivity index is 1.44. The van der Waals surface area contributed by atoms with Gasteiger partial charge < -0.3 is 9.80 Å². The minimum Gasteiger partial charge on any atom is -0.337 e. The average molecular weight is 374 g/mol. The lowest BCUT2D eigenvalue weighted by Crippen LogP contribution is -2.37. The Kier molecular flexibility index (Phi) is 7.05. The molecule has 1 atom stereocenters. The van der Waals surface area contributed by atoms with E-state index in [-0.39, 0.29) is 5.91 Å². The van der Waals surface area contributed by atoms with Gasteiger partial charge in [-0.05, 0) is 58.3 Å². The van der Waals surface area contributed by atoms with Gasteiger partial charge in [0.05, 0.1) is 12.2 Å². The first-order chi connectivity index (χ1) is 13.0. The Morgan fingerprint density at radius 3 is 2.59 bits per heavy atom. The molecule has 1 aromatic rings. The summed E-state index contributed by atoms with van der Waals surface area (Å²) in [5, 5.41) is 8.42. The molecule has 0 N–H and O–H groups in total. The van der Waals surface area contributed by atoms with Crippen LogP contribution in [-0.2, 0) is 0 Å². The van der Waals surface area contributed by atoms with Crippen molar-refractivity contribution < 1.29 is 4.79 Å². The molecule has 0 aliphatic carbocycles. The van der Waals surface area contributed by atoms with Crippen LogP contribution in [0, 0.1) is 5.92 Å². The van der Waals surface area contributed by atoms with Gasteiger partial charge in [0.1, 0.15) is 0 Å². The molecule has 0 spiro atoms. The summed E-state index contributed by atoms with van der Waals surface area (Å²) >= 11 is 0. The largest absolute Gasteiger partial charge is 0.337 e. The predicted octanol–water partition coefficient (Wildman–Crippen LogP) is 3.53. The van der Waals surface area contributed by atoms with E-state index in [2.05, 4.69) is 42.1 Å². The molecule has 3 heterocycles. The van der Waals surface area contributed by atoms with Gasteiger partial charge in [-0.3, -0.25) is 4.79 Å². The van der Waals surface area contributed by atoms with Gasteiger partial charge in [0.15, 0.2) is 5.69 Å². The van der Waals surface area contributed by atoms with Crippen molar-refractivity contribution >= 4 is 5.91 Å². The number of carbonyl (C=O) groups is 1. The summed E-state index contributed by atoms with van der Waals surface area (Å²) in [5.41, 5.74) is 1.92. The van der Waals surface area contributed by atoms with Crippen LogP contribution in [0.15, 0.2) is 17.8 Å². The first-order valence-electron chi connectivity index (χ1n) is 10.6. The Morgan fingerprint density at radius 1 is 1.22 bits per heavy atom. The molecule has 2 aliphatic rings. The molecule has 3 rings (SSSR count). The number of hydrogen-bond donors (Lipinski definition) is 0. The van der Waals surface area contributed by atoms with Gasteiger partial charge >= 0.3 is 0 Å². The fourth-order valence-electron chi connectivity index (χ4n) is 4.19. The second kappa shape index (κ2) is 9.49. The molecule has 0 bridgehead atoms. The van der Waals surface area contributed by atoms with Crippen LogP contribution in [0.3, 0.4) is 0 Å². The standard InChI is InChI=1S/C21H35N5O/c1-17(2)7-6-8-18(3)15-24-13-9-19(10-14-24)26-16-20(22-23-26)21(27)25-11-4-5-12-25/h7,16,18-19H,4-6,8-15H2,1-3H3. The van der Waals surface area contributed by atoms with Crippen molar-refractivity contribution in [3.8, 4) is 0 Å². The number of amides is 1. The van der Waals surface area contributed by atoms with Gasteiger partial charge in [0.25, 0.3) is 5.91 Å². The maximum absolute atomic E-state index is 12.4. The van der Waals surface area contributed by atoms with Crippen molar-refractivity contribution in [3.05, 3.63) is 23.5 Å². The number of nitrogens with zero attached hydrogens (tertiary/aromatic N) is 5. The molecular formula is C21H35N5O. The van der Waals surface area contributed by atoms with Crippen molar-refractivity contribution in [1.29, 1.82) is 0 Å². The SMILES string of the molecule is CC(C)=CCCC(C)CN1CCC(n2cc(C(=O)N3CCCC3)nn2)CC1. The minimum atomic E-state index is 0.0429. The second-order valence-corrected chi connectivity index (χ2v) is 8.58. The molecule has 2 aliphatic heterocycles. The highest BCUT2D eigenvalue weighted by atomic mass is 16.2. The van der Waals surface area contributed by atoms with Crippen LogP contribution in [-0.4, -0.2) is 63.4 Å². The molecule has 6 nitrogen and oxygen atoms in total. The maximum atomic E-state index is 12.4. The van der Waals surface area contributed by atoms with Crippen LogP contribution in [0.2, 0.25) is 0 Å². The van der Waals surface area contributed by atoms with E-state index in [1.165, 1.54) is 25.0 Å². The molecule has 1 aromatic heterocycles. The number of hydrogen-bond acceptors (Lipinski definition) is 4. The van der Waals surface area contributed by atoms with Crippen molar-refractivity contribution in [2.24, 2.45) is 5.92 Å².